The molecule has 2 fully saturated rings. The van der Waals surface area contributed by atoms with Crippen LogP contribution in [-0.4, -0.2) is 72.8 Å². The van der Waals surface area contributed by atoms with Crippen molar-refractivity contribution in [2.24, 2.45) is 0 Å². The summed E-state index contributed by atoms with van der Waals surface area (Å²) in [7, 11) is 0. The first kappa shape index (κ1) is 17.3. The molecule has 134 valence electrons. The summed E-state index contributed by atoms with van der Waals surface area (Å²) in [5.41, 5.74) is 1.16. The molecule has 0 spiro atoms. The second-order valence-corrected chi connectivity index (χ2v) is 6.43. The van der Waals surface area contributed by atoms with E-state index in [4.69, 9.17) is 0 Å². The molecule has 0 radical (unpaired) electrons. The minimum absolute atomic E-state index is 0.0523. The summed E-state index contributed by atoms with van der Waals surface area (Å²) in [4.78, 5) is 42.0. The predicted octanol–water partition coefficient (Wildman–Crippen LogP) is 0.0722. The van der Waals surface area contributed by atoms with E-state index in [1.54, 1.807) is 4.90 Å². The van der Waals surface area contributed by atoms with Crippen molar-refractivity contribution in [1.82, 2.24) is 15.1 Å². The molecule has 0 bridgehead atoms. The quantitative estimate of drug-likeness (QED) is 0.842. The number of anilines is 1. The molecule has 2 aliphatic heterocycles. The molecule has 2 heterocycles. The van der Waals surface area contributed by atoms with E-state index >= 15 is 0 Å². The maximum Gasteiger partial charge on any atom is 0.243 e. The van der Waals surface area contributed by atoms with E-state index in [0.29, 0.717) is 26.2 Å². The molecule has 3 amide bonds. The smallest absolute Gasteiger partial charge is 0.243 e. The van der Waals surface area contributed by atoms with Gasteiger partial charge in [-0.15, -0.1) is 0 Å². The zero-order valence-corrected chi connectivity index (χ0v) is 14.5. The van der Waals surface area contributed by atoms with E-state index in [9.17, 15) is 14.4 Å². The van der Waals surface area contributed by atoms with Crippen molar-refractivity contribution in [2.45, 2.75) is 19.4 Å². The number of hydrogen-bond acceptors (Lipinski definition) is 4. The molecule has 0 saturated carbocycles. The van der Waals surface area contributed by atoms with Crippen LogP contribution in [0.4, 0.5) is 5.69 Å². The van der Waals surface area contributed by atoms with Crippen LogP contribution in [0.5, 0.6) is 0 Å². The highest BCUT2D eigenvalue weighted by molar-refractivity contribution is 5.92. The average Bonchev–Trinajstić information content (AvgIpc) is 2.64. The van der Waals surface area contributed by atoms with Gasteiger partial charge in [-0.25, -0.2) is 0 Å². The number of piperazine rings is 2. The normalized spacial score (nSPS) is 21.1. The highest BCUT2D eigenvalue weighted by Crippen LogP contribution is 2.17. The topological polar surface area (TPSA) is 73.0 Å². The molecule has 1 atom stereocenters. The summed E-state index contributed by atoms with van der Waals surface area (Å²) in [6, 6.07) is 9.43. The molecule has 3 rings (SSSR count). The van der Waals surface area contributed by atoms with Crippen molar-refractivity contribution in [3.05, 3.63) is 30.3 Å². The lowest BCUT2D eigenvalue weighted by atomic mass is 10.1. The van der Waals surface area contributed by atoms with Crippen molar-refractivity contribution < 1.29 is 14.4 Å². The molecule has 7 nitrogen and oxygen atoms in total. The predicted molar refractivity (Wildman–Crippen MR) is 94.0 cm³/mol. The van der Waals surface area contributed by atoms with Crippen LogP contribution < -0.4 is 10.2 Å². The Hall–Kier alpha value is -2.57. The first-order chi connectivity index (χ1) is 12.1. The van der Waals surface area contributed by atoms with Crippen molar-refractivity contribution in [3.8, 4) is 0 Å². The fraction of sp³-hybridized carbons (Fsp3) is 0.500. The fourth-order valence-corrected chi connectivity index (χ4v) is 3.44. The Labute approximate surface area is 147 Å². The van der Waals surface area contributed by atoms with Crippen LogP contribution in [-0.2, 0) is 14.4 Å². The summed E-state index contributed by atoms with van der Waals surface area (Å²) in [6.45, 7) is 5.13. The number of carbonyl (C=O) groups is 3. The van der Waals surface area contributed by atoms with Crippen LogP contribution in [0, 0.1) is 0 Å². The zero-order chi connectivity index (χ0) is 17.8. The Morgan fingerprint density at radius 3 is 2.40 bits per heavy atom. The van der Waals surface area contributed by atoms with Gasteiger partial charge in [0.2, 0.25) is 17.7 Å². The third-order valence-corrected chi connectivity index (χ3v) is 4.86. The molecule has 1 N–H and O–H groups in total. The lowest BCUT2D eigenvalue weighted by molar-refractivity contribution is -0.145. The van der Waals surface area contributed by atoms with Crippen LogP contribution in [0.15, 0.2) is 30.3 Å². The van der Waals surface area contributed by atoms with E-state index in [-0.39, 0.29) is 24.1 Å². The van der Waals surface area contributed by atoms with Gasteiger partial charge in [-0.2, -0.15) is 0 Å². The van der Waals surface area contributed by atoms with E-state index < -0.39 is 6.04 Å². The molecule has 1 aromatic carbocycles. The number of benzene rings is 1. The van der Waals surface area contributed by atoms with Crippen molar-refractivity contribution >= 4 is 23.4 Å². The van der Waals surface area contributed by atoms with Crippen LogP contribution in [0.1, 0.15) is 13.3 Å². The second-order valence-electron chi connectivity index (χ2n) is 6.43. The van der Waals surface area contributed by atoms with Crippen molar-refractivity contribution in [2.75, 3.05) is 44.2 Å². The first-order valence-corrected chi connectivity index (χ1v) is 8.69. The van der Waals surface area contributed by atoms with Gasteiger partial charge in [-0.05, 0) is 12.1 Å². The highest BCUT2D eigenvalue weighted by atomic mass is 16.2. The number of carbonyl (C=O) groups excluding carboxylic acids is 3. The van der Waals surface area contributed by atoms with E-state index in [2.05, 4.69) is 22.3 Å². The van der Waals surface area contributed by atoms with Gasteiger partial charge in [0, 0.05) is 51.9 Å². The van der Waals surface area contributed by atoms with Crippen LogP contribution >= 0.6 is 0 Å². The van der Waals surface area contributed by atoms with E-state index in [1.165, 1.54) is 11.8 Å². The molecule has 0 aliphatic carbocycles. The van der Waals surface area contributed by atoms with E-state index in [1.807, 2.05) is 18.2 Å². The van der Waals surface area contributed by atoms with Gasteiger partial charge in [0.25, 0.3) is 0 Å². The molecule has 25 heavy (non-hydrogen) atoms. The molecule has 1 aromatic rings. The minimum Gasteiger partial charge on any atom is -0.368 e. The highest BCUT2D eigenvalue weighted by Gasteiger charge is 2.34. The van der Waals surface area contributed by atoms with Gasteiger partial charge in [0.05, 0.1) is 6.42 Å². The van der Waals surface area contributed by atoms with Gasteiger partial charge in [0.1, 0.15) is 6.04 Å². The summed E-state index contributed by atoms with van der Waals surface area (Å²) in [5.74, 6) is -0.472. The largest absolute Gasteiger partial charge is 0.368 e. The van der Waals surface area contributed by atoms with Crippen LogP contribution in [0.3, 0.4) is 0 Å². The number of nitrogens with zero attached hydrogens (tertiary/aromatic N) is 3. The monoisotopic (exact) mass is 344 g/mol. The Kier molecular flexibility index (Phi) is 5.21. The maximum absolute atomic E-state index is 12.6. The molecule has 1 unspecified atom stereocenters. The minimum atomic E-state index is -0.689. The molecule has 2 saturated heterocycles. The number of para-hydroxylation sites is 1. The molecular formula is C18H24N4O3. The number of amides is 3. The van der Waals surface area contributed by atoms with Gasteiger partial charge in [0.15, 0.2) is 0 Å². The summed E-state index contributed by atoms with van der Waals surface area (Å²) in [5, 5.41) is 2.74. The number of hydrogen-bond donors (Lipinski definition) is 1. The summed E-state index contributed by atoms with van der Waals surface area (Å²) in [6.07, 6.45) is 0.0523. The third kappa shape index (κ3) is 3.92. The lowest BCUT2D eigenvalue weighted by Crippen LogP contribution is -2.58. The van der Waals surface area contributed by atoms with Crippen molar-refractivity contribution in [3.63, 3.8) is 0 Å². The van der Waals surface area contributed by atoms with Crippen LogP contribution in [0.2, 0.25) is 0 Å². The molecular weight excluding hydrogens is 320 g/mol. The van der Waals surface area contributed by atoms with Gasteiger partial charge in [-0.1, -0.05) is 18.2 Å². The number of rotatable bonds is 3. The summed E-state index contributed by atoms with van der Waals surface area (Å²) < 4.78 is 0. The van der Waals surface area contributed by atoms with Gasteiger partial charge in [-0.3, -0.25) is 14.4 Å². The molecule has 0 aromatic heterocycles. The van der Waals surface area contributed by atoms with Gasteiger partial charge < -0.3 is 20.0 Å². The van der Waals surface area contributed by atoms with Crippen molar-refractivity contribution in [1.29, 1.82) is 0 Å². The Morgan fingerprint density at radius 1 is 1.08 bits per heavy atom. The van der Waals surface area contributed by atoms with Crippen LogP contribution in [0.25, 0.3) is 0 Å². The molecule has 7 heteroatoms. The second kappa shape index (κ2) is 7.55. The molecule has 2 aliphatic rings. The third-order valence-electron chi connectivity index (χ3n) is 4.86. The Bertz CT molecular complexity index is 641. The summed E-state index contributed by atoms with van der Waals surface area (Å²) >= 11 is 0. The SMILES string of the molecule is CC(=O)N1CCNC(=O)C1CC(=O)N1CCN(c2ccccc2)CC1. The maximum atomic E-state index is 12.6. The standard InChI is InChI=1S/C18H24N4O3/c1-14(23)22-8-7-19-18(25)16(22)13-17(24)21-11-9-20(10-12-21)15-5-3-2-4-6-15/h2-6,16H,7-13H2,1H3,(H,19,25). The fourth-order valence-electron chi connectivity index (χ4n) is 3.44. The average molecular weight is 344 g/mol. The van der Waals surface area contributed by atoms with Gasteiger partial charge >= 0.3 is 0 Å². The first-order valence-electron chi connectivity index (χ1n) is 8.69. The van der Waals surface area contributed by atoms with E-state index in [0.717, 1.165) is 18.8 Å². The zero-order valence-electron chi connectivity index (χ0n) is 14.5. The Morgan fingerprint density at radius 2 is 1.76 bits per heavy atom. The Balaban J connectivity index is 1.57. The lowest BCUT2D eigenvalue weighted by Gasteiger charge is -2.38. The number of nitrogens with one attached hydrogen (secondary N) is 1.